The molecule has 29 heavy (non-hydrogen) atoms. The second-order valence-electron chi connectivity index (χ2n) is 7.77. The number of nitrogens with zero attached hydrogens (tertiary/aromatic N) is 2. The van der Waals surface area contributed by atoms with Crippen LogP contribution in [0, 0.1) is 0 Å². The summed E-state index contributed by atoms with van der Waals surface area (Å²) in [4.78, 5) is 29.1. The molecule has 0 aliphatic carbocycles. The fourth-order valence-corrected chi connectivity index (χ4v) is 3.76. The van der Waals surface area contributed by atoms with Gasteiger partial charge in [-0.1, -0.05) is 63.2 Å². The van der Waals surface area contributed by atoms with Gasteiger partial charge in [0.2, 0.25) is 0 Å². The summed E-state index contributed by atoms with van der Waals surface area (Å²) in [6.45, 7) is 6.52. The van der Waals surface area contributed by atoms with E-state index in [0.29, 0.717) is 15.9 Å². The van der Waals surface area contributed by atoms with E-state index in [4.69, 9.17) is 0 Å². The molecular formula is C22H20N4O2S. The van der Waals surface area contributed by atoms with Gasteiger partial charge in [-0.2, -0.15) is 5.10 Å². The second kappa shape index (κ2) is 7.25. The molecule has 2 N–H and O–H groups in total. The molecule has 0 saturated carbocycles. The molecule has 2 heterocycles. The van der Waals surface area contributed by atoms with E-state index in [0.717, 1.165) is 11.3 Å². The highest BCUT2D eigenvalue weighted by Crippen LogP contribution is 2.28. The number of thiazole rings is 1. The molecule has 146 valence electrons. The molecule has 4 rings (SSSR count). The van der Waals surface area contributed by atoms with Gasteiger partial charge in [-0.05, 0) is 17.0 Å². The zero-order valence-electron chi connectivity index (χ0n) is 16.3. The number of hydrogen-bond donors (Lipinski definition) is 2. The molecule has 0 aliphatic rings. The largest absolute Gasteiger partial charge is 0.296 e. The minimum absolute atomic E-state index is 0.0895. The molecular weight excluding hydrogens is 384 g/mol. The Bertz CT molecular complexity index is 1250. The standard InChI is InChI=1S/C22H20N4O2S/c1-22(2,3)14-10-8-13(9-11-14)17-12-29-21(23-17)24-20(28)18-15-6-4-5-7-16(15)19(27)26-25-18/h4-12H,1-3H3,(H,26,27)(H,23,24,28). The fraction of sp³-hybridized carbons (Fsp3) is 0.182. The van der Waals surface area contributed by atoms with E-state index < -0.39 is 5.91 Å². The molecule has 0 bridgehead atoms. The van der Waals surface area contributed by atoms with Crippen LogP contribution in [-0.2, 0) is 5.41 Å². The van der Waals surface area contributed by atoms with Gasteiger partial charge in [-0.15, -0.1) is 11.3 Å². The summed E-state index contributed by atoms with van der Waals surface area (Å²) in [5, 5.41) is 12.4. The number of anilines is 1. The van der Waals surface area contributed by atoms with Crippen LogP contribution in [0.5, 0.6) is 0 Å². The van der Waals surface area contributed by atoms with Crippen molar-refractivity contribution in [1.29, 1.82) is 0 Å². The van der Waals surface area contributed by atoms with Gasteiger partial charge in [-0.3, -0.25) is 14.9 Å². The van der Waals surface area contributed by atoms with Crippen molar-refractivity contribution in [1.82, 2.24) is 15.2 Å². The number of aromatic nitrogens is 3. The van der Waals surface area contributed by atoms with E-state index in [9.17, 15) is 9.59 Å². The third kappa shape index (κ3) is 3.82. The Hall–Kier alpha value is -3.32. The molecule has 2 aromatic carbocycles. The first-order valence-electron chi connectivity index (χ1n) is 9.18. The highest BCUT2D eigenvalue weighted by molar-refractivity contribution is 7.14. The number of rotatable bonds is 3. The van der Waals surface area contributed by atoms with E-state index in [1.807, 2.05) is 17.5 Å². The van der Waals surface area contributed by atoms with Gasteiger partial charge in [-0.25, -0.2) is 10.1 Å². The van der Waals surface area contributed by atoms with E-state index in [1.165, 1.54) is 16.9 Å². The summed E-state index contributed by atoms with van der Waals surface area (Å²) in [5.41, 5.74) is 2.96. The summed E-state index contributed by atoms with van der Waals surface area (Å²) in [6.07, 6.45) is 0. The van der Waals surface area contributed by atoms with Gasteiger partial charge >= 0.3 is 0 Å². The number of benzene rings is 2. The van der Waals surface area contributed by atoms with Gasteiger partial charge in [0.05, 0.1) is 11.1 Å². The Morgan fingerprint density at radius 2 is 1.72 bits per heavy atom. The van der Waals surface area contributed by atoms with Crippen LogP contribution in [0.2, 0.25) is 0 Å². The lowest BCUT2D eigenvalue weighted by Crippen LogP contribution is -2.19. The van der Waals surface area contributed by atoms with Crippen molar-refractivity contribution < 1.29 is 4.79 Å². The highest BCUT2D eigenvalue weighted by Gasteiger charge is 2.17. The molecule has 0 saturated heterocycles. The van der Waals surface area contributed by atoms with Crippen LogP contribution in [-0.4, -0.2) is 21.1 Å². The predicted octanol–water partition coefficient (Wildman–Crippen LogP) is 4.60. The number of nitrogens with one attached hydrogen (secondary N) is 2. The quantitative estimate of drug-likeness (QED) is 0.522. The predicted molar refractivity (Wildman–Crippen MR) is 117 cm³/mol. The SMILES string of the molecule is CC(C)(C)c1ccc(-c2csc(NC(=O)c3n[nH]c(=O)c4ccccc34)n2)cc1. The van der Waals surface area contributed by atoms with Crippen molar-refractivity contribution in [2.75, 3.05) is 5.32 Å². The molecule has 0 unspecified atom stereocenters. The molecule has 0 fully saturated rings. The first-order chi connectivity index (χ1) is 13.8. The zero-order valence-corrected chi connectivity index (χ0v) is 17.1. The molecule has 2 aromatic heterocycles. The number of carbonyl (C=O) groups is 1. The van der Waals surface area contributed by atoms with Crippen LogP contribution in [0.4, 0.5) is 5.13 Å². The summed E-state index contributed by atoms with van der Waals surface area (Å²) in [7, 11) is 0. The van der Waals surface area contributed by atoms with Crippen LogP contribution >= 0.6 is 11.3 Å². The number of hydrogen-bond acceptors (Lipinski definition) is 5. The Morgan fingerprint density at radius 1 is 1.03 bits per heavy atom. The smallest absolute Gasteiger partial charge is 0.278 e. The molecule has 6 nitrogen and oxygen atoms in total. The number of H-pyrrole nitrogens is 1. The Balaban J connectivity index is 1.58. The van der Waals surface area contributed by atoms with Crippen LogP contribution in [0.1, 0.15) is 36.8 Å². The van der Waals surface area contributed by atoms with Crippen molar-refractivity contribution in [2.45, 2.75) is 26.2 Å². The maximum Gasteiger partial charge on any atom is 0.278 e. The van der Waals surface area contributed by atoms with Gasteiger partial charge in [0.1, 0.15) is 0 Å². The topological polar surface area (TPSA) is 87.7 Å². The second-order valence-corrected chi connectivity index (χ2v) is 8.62. The van der Waals surface area contributed by atoms with Crippen LogP contribution in [0.15, 0.2) is 58.7 Å². The zero-order chi connectivity index (χ0) is 20.6. The number of carbonyl (C=O) groups excluding carboxylic acids is 1. The van der Waals surface area contributed by atoms with Crippen molar-refractivity contribution in [3.05, 3.63) is 75.5 Å². The minimum Gasteiger partial charge on any atom is -0.296 e. The first kappa shape index (κ1) is 19.0. The first-order valence-corrected chi connectivity index (χ1v) is 10.1. The van der Waals surface area contributed by atoms with Gasteiger partial charge in [0.15, 0.2) is 10.8 Å². The average molecular weight is 404 g/mol. The molecule has 0 radical (unpaired) electrons. The van der Waals surface area contributed by atoms with Crippen molar-refractivity contribution >= 4 is 33.1 Å². The monoisotopic (exact) mass is 404 g/mol. The average Bonchev–Trinajstić information content (AvgIpc) is 3.16. The molecule has 0 spiro atoms. The number of fused-ring (bicyclic) bond motifs is 1. The van der Waals surface area contributed by atoms with Crippen LogP contribution in [0.25, 0.3) is 22.0 Å². The normalized spacial score (nSPS) is 11.6. The lowest BCUT2D eigenvalue weighted by Gasteiger charge is -2.18. The molecule has 1 amide bonds. The van der Waals surface area contributed by atoms with Crippen LogP contribution in [0.3, 0.4) is 0 Å². The third-order valence-corrected chi connectivity index (χ3v) is 5.44. The molecule has 0 aliphatic heterocycles. The van der Waals surface area contributed by atoms with E-state index in [2.05, 4.69) is 53.4 Å². The van der Waals surface area contributed by atoms with Gasteiger partial charge < -0.3 is 0 Å². The van der Waals surface area contributed by atoms with Crippen molar-refractivity contribution in [3.8, 4) is 11.3 Å². The Morgan fingerprint density at radius 3 is 2.41 bits per heavy atom. The number of amides is 1. The minimum atomic E-state index is -0.415. The molecule has 7 heteroatoms. The molecule has 4 aromatic rings. The van der Waals surface area contributed by atoms with E-state index in [-0.39, 0.29) is 16.7 Å². The lowest BCUT2D eigenvalue weighted by molar-refractivity contribution is 0.102. The van der Waals surface area contributed by atoms with Gasteiger partial charge in [0, 0.05) is 16.3 Å². The summed E-state index contributed by atoms with van der Waals surface area (Å²) < 4.78 is 0. The maximum atomic E-state index is 12.7. The van der Waals surface area contributed by atoms with Crippen LogP contribution < -0.4 is 10.9 Å². The van der Waals surface area contributed by atoms with Crippen molar-refractivity contribution in [3.63, 3.8) is 0 Å². The van der Waals surface area contributed by atoms with E-state index >= 15 is 0 Å². The Kier molecular flexibility index (Phi) is 4.76. The number of aromatic amines is 1. The highest BCUT2D eigenvalue weighted by atomic mass is 32.1. The third-order valence-electron chi connectivity index (χ3n) is 4.68. The Labute approximate surface area is 171 Å². The summed E-state index contributed by atoms with van der Waals surface area (Å²) in [5.74, 6) is -0.415. The van der Waals surface area contributed by atoms with Crippen molar-refractivity contribution in [2.24, 2.45) is 0 Å². The lowest BCUT2D eigenvalue weighted by atomic mass is 9.86. The molecule has 0 atom stereocenters. The maximum absolute atomic E-state index is 12.7. The van der Waals surface area contributed by atoms with E-state index in [1.54, 1.807) is 24.3 Å². The fourth-order valence-electron chi connectivity index (χ4n) is 3.05. The van der Waals surface area contributed by atoms with Gasteiger partial charge in [0.25, 0.3) is 11.5 Å². The summed E-state index contributed by atoms with van der Waals surface area (Å²) in [6, 6.07) is 15.2. The summed E-state index contributed by atoms with van der Waals surface area (Å²) >= 11 is 1.34.